The Balaban J connectivity index is 0.000000857. The number of aryl methyl sites for hydroxylation is 3. The summed E-state index contributed by atoms with van der Waals surface area (Å²) in [5.41, 5.74) is 2.93. The number of carbonyl (C=O) groups is 6. The molecule has 3 fully saturated rings. The van der Waals surface area contributed by atoms with Crippen molar-refractivity contribution in [3.05, 3.63) is 88.7 Å². The number of ether oxygens (including phenoxy) is 3. The van der Waals surface area contributed by atoms with Gasteiger partial charge in [0.25, 0.3) is 0 Å². The Morgan fingerprint density at radius 2 is 0.738 bits per heavy atom. The molecular weight excluding hydrogens is 802 g/mol. The summed E-state index contributed by atoms with van der Waals surface area (Å²) in [7, 11) is 0. The van der Waals surface area contributed by atoms with Crippen molar-refractivity contribution in [3.8, 4) is 0 Å². The number of halogens is 3. The molecule has 0 saturated carbocycles. The summed E-state index contributed by atoms with van der Waals surface area (Å²) in [6.45, 7) is 10.8. The number of amides is 6. The zero-order valence-corrected chi connectivity index (χ0v) is 32.3. The van der Waals surface area contributed by atoms with E-state index in [4.69, 9.17) is 14.2 Å². The number of benzene rings is 3. The fourth-order valence-corrected chi connectivity index (χ4v) is 5.54. The van der Waals surface area contributed by atoms with Gasteiger partial charge in [0, 0.05) is 20.8 Å². The third-order valence-electron chi connectivity index (χ3n) is 8.76. The third kappa shape index (κ3) is 15.7. The summed E-state index contributed by atoms with van der Waals surface area (Å²) in [6, 6.07) is 13.7. The average Bonchev–Trinajstić information content (AvgIpc) is 3.84. The summed E-state index contributed by atoms with van der Waals surface area (Å²) in [5.74, 6) is -1.65. The maximum atomic E-state index is 13.5. The van der Waals surface area contributed by atoms with Crippen molar-refractivity contribution in [2.75, 3.05) is 54.0 Å². The second-order valence-corrected chi connectivity index (χ2v) is 13.5. The van der Waals surface area contributed by atoms with Crippen molar-refractivity contribution in [3.63, 3.8) is 0 Å². The Morgan fingerprint density at radius 3 is 0.934 bits per heavy atom. The number of carbonyl (C=O) groups excluding carboxylic acids is 6. The minimum atomic E-state index is -0.529. The molecule has 3 aliphatic heterocycles. The fraction of sp³-hybridized carbons (Fsp3) is 0.442. The van der Waals surface area contributed by atoms with Crippen LogP contribution in [0, 0.1) is 38.2 Å². The second-order valence-electron chi connectivity index (χ2n) is 13.5. The van der Waals surface area contributed by atoms with Crippen LogP contribution < -0.4 is 30.7 Å². The van der Waals surface area contributed by atoms with Gasteiger partial charge >= 0.3 is 18.3 Å². The minimum Gasteiger partial charge on any atom is -0.442 e. The highest BCUT2D eigenvalue weighted by atomic mass is 19.1. The molecule has 61 heavy (non-hydrogen) atoms. The number of anilines is 3. The van der Waals surface area contributed by atoms with Crippen LogP contribution in [0.2, 0.25) is 0 Å². The number of hydrogen-bond donors (Lipinski definition) is 3. The quantitative estimate of drug-likeness (QED) is 0.186. The van der Waals surface area contributed by atoms with Gasteiger partial charge in [0.15, 0.2) is 0 Å². The van der Waals surface area contributed by atoms with Crippen LogP contribution in [0.15, 0.2) is 54.6 Å². The van der Waals surface area contributed by atoms with E-state index < -0.39 is 36.6 Å². The summed E-state index contributed by atoms with van der Waals surface area (Å²) < 4.78 is 55.7. The molecule has 3 aromatic carbocycles. The highest BCUT2D eigenvalue weighted by Gasteiger charge is 2.34. The highest BCUT2D eigenvalue weighted by Crippen LogP contribution is 2.26. The van der Waals surface area contributed by atoms with E-state index >= 15 is 0 Å². The van der Waals surface area contributed by atoms with Gasteiger partial charge in [-0.25, -0.2) is 27.6 Å². The summed E-state index contributed by atoms with van der Waals surface area (Å²) in [6.07, 6.45) is -2.84. The molecule has 6 rings (SSSR count). The second kappa shape index (κ2) is 24.7. The maximum Gasteiger partial charge on any atom is 0.414 e. The van der Waals surface area contributed by atoms with Gasteiger partial charge in [-0.15, -0.1) is 0 Å². The standard InChI is InChI=1S/3C13H15FN2O3.4CH4/c3*1-8-3-4-10(5-12(8)14)16-7-11(19-13(16)18)6-15-9(2)17;;;;/h3*3-5,11H,6-7H2,1-2H3,(H,15,17);4*1H4/t3*11-;;;;/m000..../s1. The molecule has 0 aliphatic carbocycles. The van der Waals surface area contributed by atoms with Gasteiger partial charge in [-0.1, -0.05) is 47.9 Å². The van der Waals surface area contributed by atoms with E-state index in [2.05, 4.69) is 16.0 Å². The Morgan fingerprint density at radius 1 is 0.508 bits per heavy atom. The summed E-state index contributed by atoms with van der Waals surface area (Å²) in [5, 5.41) is 7.75. The number of hydrogen-bond acceptors (Lipinski definition) is 9. The smallest absolute Gasteiger partial charge is 0.414 e. The predicted octanol–water partition coefficient (Wildman–Crippen LogP) is 7.33. The minimum absolute atomic E-state index is 0. The predicted molar refractivity (Wildman–Crippen MR) is 229 cm³/mol. The van der Waals surface area contributed by atoms with Crippen LogP contribution in [0.5, 0.6) is 0 Å². The Labute approximate surface area is 356 Å². The number of rotatable bonds is 9. The normalized spacial score (nSPS) is 17.2. The monoisotopic (exact) mass is 862 g/mol. The van der Waals surface area contributed by atoms with Crippen LogP contribution in [0.1, 0.15) is 67.2 Å². The molecule has 0 aromatic heterocycles. The number of nitrogens with one attached hydrogen (secondary N) is 3. The van der Waals surface area contributed by atoms with Gasteiger partial charge in [0.1, 0.15) is 35.8 Å². The molecular formula is C43H61F3N6O9. The fourth-order valence-electron chi connectivity index (χ4n) is 5.54. The summed E-state index contributed by atoms with van der Waals surface area (Å²) >= 11 is 0. The average molecular weight is 863 g/mol. The Bertz CT molecular complexity index is 1780. The molecule has 15 nitrogen and oxygen atoms in total. The lowest BCUT2D eigenvalue weighted by atomic mass is 10.2. The molecule has 3 N–H and O–H groups in total. The van der Waals surface area contributed by atoms with E-state index in [1.165, 1.54) is 53.7 Å². The van der Waals surface area contributed by atoms with Crippen molar-refractivity contribution in [2.45, 2.75) is 89.6 Å². The molecule has 3 heterocycles. The van der Waals surface area contributed by atoms with Crippen LogP contribution in [0.4, 0.5) is 44.6 Å². The first-order chi connectivity index (χ1) is 26.9. The van der Waals surface area contributed by atoms with Crippen molar-refractivity contribution < 1.29 is 56.1 Å². The van der Waals surface area contributed by atoms with Crippen molar-refractivity contribution in [2.24, 2.45) is 0 Å². The van der Waals surface area contributed by atoms with Gasteiger partial charge in [-0.3, -0.25) is 29.1 Å². The van der Waals surface area contributed by atoms with Crippen molar-refractivity contribution in [1.82, 2.24) is 16.0 Å². The van der Waals surface area contributed by atoms with E-state index in [9.17, 15) is 41.9 Å². The molecule has 18 heteroatoms. The van der Waals surface area contributed by atoms with Crippen LogP contribution in [-0.2, 0) is 28.6 Å². The molecule has 0 radical (unpaired) electrons. The zero-order chi connectivity index (χ0) is 42.0. The van der Waals surface area contributed by atoms with Crippen LogP contribution in [-0.4, -0.2) is 93.6 Å². The lowest BCUT2D eigenvalue weighted by molar-refractivity contribution is -0.120. The Hall–Kier alpha value is -6.33. The van der Waals surface area contributed by atoms with Gasteiger partial charge in [0.2, 0.25) is 17.7 Å². The van der Waals surface area contributed by atoms with E-state index in [-0.39, 0.29) is 84.5 Å². The molecule has 3 saturated heterocycles. The van der Waals surface area contributed by atoms with E-state index in [0.29, 0.717) is 53.4 Å². The van der Waals surface area contributed by atoms with Crippen molar-refractivity contribution >= 4 is 53.1 Å². The van der Waals surface area contributed by atoms with Crippen molar-refractivity contribution in [1.29, 1.82) is 0 Å². The van der Waals surface area contributed by atoms with Gasteiger partial charge < -0.3 is 30.2 Å². The molecule has 0 unspecified atom stereocenters. The molecule has 0 spiro atoms. The molecule has 3 aromatic rings. The highest BCUT2D eigenvalue weighted by molar-refractivity contribution is 5.91. The topological polar surface area (TPSA) is 176 Å². The number of cyclic esters (lactones) is 3. The zero-order valence-electron chi connectivity index (χ0n) is 32.3. The maximum absolute atomic E-state index is 13.5. The SMILES string of the molecule is C.C.C.C.CC(=O)NC[C@H]1CN(c2ccc(C)c(F)c2)C(=O)O1.CC(=O)NC[C@H]1CN(c2ccc(C)c(F)c2)C(=O)O1.CC(=O)NC[C@H]1CN(c2ccc(C)c(F)c2)C(=O)O1. The van der Waals surface area contributed by atoms with Gasteiger partial charge in [-0.2, -0.15) is 0 Å². The molecule has 3 aliphatic rings. The van der Waals surface area contributed by atoms with E-state index in [0.717, 1.165) is 0 Å². The van der Waals surface area contributed by atoms with Crippen LogP contribution >= 0.6 is 0 Å². The van der Waals surface area contributed by atoms with Crippen LogP contribution in [0.25, 0.3) is 0 Å². The third-order valence-corrected chi connectivity index (χ3v) is 8.76. The number of nitrogens with zero attached hydrogens (tertiary/aromatic N) is 3. The lowest BCUT2D eigenvalue weighted by Crippen LogP contribution is -2.33. The van der Waals surface area contributed by atoms with E-state index in [1.54, 1.807) is 57.2 Å². The molecule has 0 bridgehead atoms. The van der Waals surface area contributed by atoms with E-state index in [1.807, 2.05) is 0 Å². The summed E-state index contributed by atoms with van der Waals surface area (Å²) in [4.78, 5) is 71.6. The van der Waals surface area contributed by atoms with Crippen LogP contribution in [0.3, 0.4) is 0 Å². The molecule has 3 atom stereocenters. The first kappa shape index (κ1) is 54.7. The van der Waals surface area contributed by atoms with Gasteiger partial charge in [-0.05, 0) is 73.9 Å². The molecule has 6 amide bonds. The van der Waals surface area contributed by atoms with Gasteiger partial charge in [0.05, 0.1) is 56.3 Å². The lowest BCUT2D eigenvalue weighted by Gasteiger charge is -2.13. The Kier molecular flexibility index (Phi) is 22.1. The first-order valence-corrected chi connectivity index (χ1v) is 17.9. The largest absolute Gasteiger partial charge is 0.442 e. The first-order valence-electron chi connectivity index (χ1n) is 17.9. The molecule has 338 valence electrons.